The second kappa shape index (κ2) is 4.21. The second-order valence-corrected chi connectivity index (χ2v) is 3.71. The van der Waals surface area contributed by atoms with Crippen LogP contribution in [0.25, 0.3) is 0 Å². The van der Waals surface area contributed by atoms with Crippen LogP contribution in [-0.2, 0) is 0 Å². The standard InChI is InChI=1S/C9H20N3/c1-6-5-12-7(2)9(11-4)8(6)10-3/h6-11H,5H2,1-4H3/t6?,7?,8?,9-/m0/s1. The summed E-state index contributed by atoms with van der Waals surface area (Å²) >= 11 is 0. The van der Waals surface area contributed by atoms with Gasteiger partial charge in [-0.25, -0.2) is 5.32 Å². The zero-order valence-electron chi connectivity index (χ0n) is 8.46. The maximum Gasteiger partial charge on any atom is 0.0389 e. The summed E-state index contributed by atoms with van der Waals surface area (Å²) in [5.74, 6) is 0.642. The van der Waals surface area contributed by atoms with Crippen molar-refractivity contribution in [1.29, 1.82) is 0 Å². The van der Waals surface area contributed by atoms with E-state index < -0.39 is 0 Å². The van der Waals surface area contributed by atoms with E-state index in [4.69, 9.17) is 0 Å². The van der Waals surface area contributed by atoms with E-state index in [0.29, 0.717) is 24.0 Å². The van der Waals surface area contributed by atoms with Crippen molar-refractivity contribution in [1.82, 2.24) is 16.0 Å². The fraction of sp³-hybridized carbons (Fsp3) is 1.00. The van der Waals surface area contributed by atoms with Crippen LogP contribution in [0.3, 0.4) is 0 Å². The Morgan fingerprint density at radius 3 is 2.08 bits per heavy atom. The topological polar surface area (TPSA) is 38.2 Å². The number of hydrogen-bond acceptors (Lipinski definition) is 2. The Hall–Kier alpha value is -0.120. The molecule has 4 atom stereocenters. The number of nitrogens with zero attached hydrogens (tertiary/aromatic N) is 1. The maximum atomic E-state index is 4.56. The van der Waals surface area contributed by atoms with Crippen molar-refractivity contribution in [2.45, 2.75) is 32.0 Å². The van der Waals surface area contributed by atoms with Gasteiger partial charge in [0.1, 0.15) is 0 Å². The van der Waals surface area contributed by atoms with Crippen molar-refractivity contribution in [3.05, 3.63) is 0 Å². The van der Waals surface area contributed by atoms with Crippen LogP contribution in [0.15, 0.2) is 0 Å². The normalized spacial score (nSPS) is 43.0. The first-order valence-electron chi connectivity index (χ1n) is 4.71. The van der Waals surface area contributed by atoms with Gasteiger partial charge in [0.15, 0.2) is 0 Å². The first kappa shape index (κ1) is 9.96. The summed E-state index contributed by atoms with van der Waals surface area (Å²) in [6, 6.07) is 1.48. The molecule has 2 N–H and O–H groups in total. The van der Waals surface area contributed by atoms with E-state index in [1.54, 1.807) is 0 Å². The Bertz CT molecular complexity index is 122. The summed E-state index contributed by atoms with van der Waals surface area (Å²) in [6.45, 7) is 5.42. The highest BCUT2D eigenvalue weighted by Gasteiger charge is 2.33. The summed E-state index contributed by atoms with van der Waals surface area (Å²) in [6.07, 6.45) is 0. The summed E-state index contributed by atoms with van der Waals surface area (Å²) in [7, 11) is 4.04. The van der Waals surface area contributed by atoms with Gasteiger partial charge >= 0.3 is 0 Å². The third kappa shape index (κ3) is 1.79. The number of hydrogen-bond donors (Lipinski definition) is 2. The van der Waals surface area contributed by atoms with Gasteiger partial charge in [-0.2, -0.15) is 0 Å². The van der Waals surface area contributed by atoms with E-state index in [1.807, 2.05) is 14.1 Å². The highest BCUT2D eigenvalue weighted by molar-refractivity contribution is 4.95. The summed E-state index contributed by atoms with van der Waals surface area (Å²) in [5.41, 5.74) is 0. The highest BCUT2D eigenvalue weighted by atomic mass is 15.1. The molecule has 1 aliphatic heterocycles. The Morgan fingerprint density at radius 1 is 1.08 bits per heavy atom. The number of nitrogens with one attached hydrogen (secondary N) is 2. The molecule has 12 heavy (non-hydrogen) atoms. The number of likely N-dealkylation sites (N-methyl/N-ethyl adjacent to an activating group) is 2. The molecule has 1 aliphatic rings. The van der Waals surface area contributed by atoms with E-state index in [-0.39, 0.29) is 0 Å². The molecule has 1 fully saturated rings. The lowest BCUT2D eigenvalue weighted by atomic mass is 9.86. The first-order valence-corrected chi connectivity index (χ1v) is 4.71. The maximum absolute atomic E-state index is 4.56. The predicted molar refractivity (Wildman–Crippen MR) is 51.3 cm³/mol. The lowest BCUT2D eigenvalue weighted by molar-refractivity contribution is 0.203. The molecule has 1 saturated heterocycles. The van der Waals surface area contributed by atoms with Gasteiger partial charge in [0.25, 0.3) is 0 Å². The average molecular weight is 170 g/mol. The molecule has 3 unspecified atom stereocenters. The van der Waals surface area contributed by atoms with Gasteiger partial charge in [-0.05, 0) is 26.9 Å². The molecule has 0 amide bonds. The molecule has 0 aromatic rings. The van der Waals surface area contributed by atoms with E-state index in [0.717, 1.165) is 6.54 Å². The van der Waals surface area contributed by atoms with Crippen LogP contribution in [0.1, 0.15) is 13.8 Å². The Morgan fingerprint density at radius 2 is 1.67 bits per heavy atom. The fourth-order valence-electron chi connectivity index (χ4n) is 2.10. The molecule has 0 aliphatic carbocycles. The molecule has 0 spiro atoms. The molecule has 0 aromatic heterocycles. The molecule has 1 radical (unpaired) electrons. The van der Waals surface area contributed by atoms with Crippen LogP contribution >= 0.6 is 0 Å². The Balaban J connectivity index is 2.61. The van der Waals surface area contributed by atoms with Gasteiger partial charge in [-0.15, -0.1) is 0 Å². The molecular weight excluding hydrogens is 150 g/mol. The third-order valence-corrected chi connectivity index (χ3v) is 2.87. The molecular formula is C9H20N3. The number of piperidine rings is 1. The monoisotopic (exact) mass is 170 g/mol. The van der Waals surface area contributed by atoms with Crippen molar-refractivity contribution >= 4 is 0 Å². The van der Waals surface area contributed by atoms with Gasteiger partial charge < -0.3 is 10.6 Å². The lowest BCUT2D eigenvalue weighted by Crippen LogP contribution is -2.61. The predicted octanol–water partition coefficient (Wildman–Crippen LogP) is -0.195. The molecule has 0 saturated carbocycles. The minimum atomic E-state index is 0.434. The van der Waals surface area contributed by atoms with E-state index in [9.17, 15) is 0 Å². The molecule has 0 bridgehead atoms. The smallest absolute Gasteiger partial charge is 0.0389 e. The molecule has 3 nitrogen and oxygen atoms in total. The largest absolute Gasteiger partial charge is 0.315 e. The average Bonchev–Trinajstić information content (AvgIpc) is 2.08. The highest BCUT2D eigenvalue weighted by Crippen LogP contribution is 2.15. The Labute approximate surface area is 75.3 Å². The van der Waals surface area contributed by atoms with Crippen LogP contribution in [0.4, 0.5) is 0 Å². The van der Waals surface area contributed by atoms with Crippen molar-refractivity contribution in [2.75, 3.05) is 20.6 Å². The van der Waals surface area contributed by atoms with Crippen LogP contribution in [0.2, 0.25) is 0 Å². The third-order valence-electron chi connectivity index (χ3n) is 2.87. The van der Waals surface area contributed by atoms with Crippen LogP contribution in [0, 0.1) is 5.92 Å². The minimum Gasteiger partial charge on any atom is -0.315 e. The molecule has 1 rings (SSSR count). The van der Waals surface area contributed by atoms with Crippen molar-refractivity contribution in [3.63, 3.8) is 0 Å². The minimum absolute atomic E-state index is 0.434. The molecule has 3 heteroatoms. The molecule has 0 aromatic carbocycles. The number of rotatable bonds is 2. The Kier molecular flexibility index (Phi) is 3.50. The summed E-state index contributed by atoms with van der Waals surface area (Å²) in [4.78, 5) is 0. The van der Waals surface area contributed by atoms with Gasteiger partial charge in [0, 0.05) is 24.7 Å². The summed E-state index contributed by atoms with van der Waals surface area (Å²) in [5, 5.41) is 11.3. The lowest BCUT2D eigenvalue weighted by Gasteiger charge is -2.40. The van der Waals surface area contributed by atoms with Crippen LogP contribution in [-0.4, -0.2) is 38.8 Å². The summed E-state index contributed by atoms with van der Waals surface area (Å²) < 4.78 is 0. The zero-order chi connectivity index (χ0) is 9.14. The van der Waals surface area contributed by atoms with Crippen LogP contribution < -0.4 is 16.0 Å². The second-order valence-electron chi connectivity index (χ2n) is 3.71. The van der Waals surface area contributed by atoms with Crippen molar-refractivity contribution in [3.8, 4) is 0 Å². The molecule has 1 heterocycles. The van der Waals surface area contributed by atoms with E-state index in [1.165, 1.54) is 0 Å². The van der Waals surface area contributed by atoms with E-state index >= 15 is 0 Å². The van der Waals surface area contributed by atoms with E-state index in [2.05, 4.69) is 29.8 Å². The van der Waals surface area contributed by atoms with Gasteiger partial charge in [0.05, 0.1) is 0 Å². The van der Waals surface area contributed by atoms with Gasteiger partial charge in [-0.1, -0.05) is 6.92 Å². The molecule has 71 valence electrons. The van der Waals surface area contributed by atoms with Gasteiger partial charge in [-0.3, -0.25) is 0 Å². The zero-order valence-corrected chi connectivity index (χ0v) is 8.46. The first-order chi connectivity index (χ1) is 5.70. The van der Waals surface area contributed by atoms with Crippen molar-refractivity contribution < 1.29 is 0 Å². The SMILES string of the molecule is CNC1C(C)C[N]C(C)[C@@H]1NC. The van der Waals surface area contributed by atoms with Gasteiger partial charge in [0.2, 0.25) is 0 Å². The fourth-order valence-corrected chi connectivity index (χ4v) is 2.10. The quantitative estimate of drug-likeness (QED) is 0.602. The van der Waals surface area contributed by atoms with Crippen LogP contribution in [0.5, 0.6) is 0 Å². The van der Waals surface area contributed by atoms with Crippen molar-refractivity contribution in [2.24, 2.45) is 5.92 Å².